The average molecular weight is 288 g/mol. The second kappa shape index (κ2) is 5.88. The summed E-state index contributed by atoms with van der Waals surface area (Å²) in [5.41, 5.74) is 1.80. The number of carbonyl (C=O) groups excluding carboxylic acids is 2. The Kier molecular flexibility index (Phi) is 4.35. The van der Waals surface area contributed by atoms with Gasteiger partial charge in [-0.05, 0) is 36.0 Å². The van der Waals surface area contributed by atoms with E-state index in [9.17, 15) is 9.59 Å². The fraction of sp³-hybridized carbons (Fsp3) is 0.529. The number of rotatable bonds is 2. The van der Waals surface area contributed by atoms with Crippen molar-refractivity contribution in [2.75, 3.05) is 13.6 Å². The molecule has 1 aliphatic rings. The lowest BCUT2D eigenvalue weighted by Gasteiger charge is -2.25. The molecule has 1 aliphatic heterocycles. The molecule has 1 aromatic rings. The largest absolute Gasteiger partial charge is 0.357 e. The molecule has 2 amide bonds. The highest BCUT2D eigenvalue weighted by atomic mass is 16.2. The molecule has 4 heteroatoms. The lowest BCUT2D eigenvalue weighted by atomic mass is 9.86. The fourth-order valence-electron chi connectivity index (χ4n) is 2.73. The minimum absolute atomic E-state index is 0.00148. The zero-order valence-electron chi connectivity index (χ0n) is 13.3. The van der Waals surface area contributed by atoms with E-state index in [1.807, 2.05) is 24.3 Å². The van der Waals surface area contributed by atoms with Crippen LogP contribution in [0.3, 0.4) is 0 Å². The van der Waals surface area contributed by atoms with Crippen LogP contribution >= 0.6 is 0 Å². The van der Waals surface area contributed by atoms with Gasteiger partial charge in [0.15, 0.2) is 0 Å². The van der Waals surface area contributed by atoms with Crippen LogP contribution in [0.25, 0.3) is 0 Å². The van der Waals surface area contributed by atoms with Gasteiger partial charge in [-0.3, -0.25) is 9.59 Å². The van der Waals surface area contributed by atoms with Gasteiger partial charge in [0.2, 0.25) is 5.91 Å². The number of benzene rings is 1. The van der Waals surface area contributed by atoms with Gasteiger partial charge in [0, 0.05) is 19.2 Å². The van der Waals surface area contributed by atoms with Gasteiger partial charge in [-0.2, -0.15) is 0 Å². The first-order chi connectivity index (χ1) is 9.84. The number of hydrogen-bond acceptors (Lipinski definition) is 2. The maximum Gasteiger partial charge on any atom is 0.254 e. The summed E-state index contributed by atoms with van der Waals surface area (Å²) in [6, 6.07) is 7.40. The molecule has 0 saturated carbocycles. The van der Waals surface area contributed by atoms with E-state index in [0.29, 0.717) is 12.1 Å². The van der Waals surface area contributed by atoms with E-state index in [1.165, 1.54) is 0 Å². The first kappa shape index (κ1) is 15.5. The van der Waals surface area contributed by atoms with Crippen molar-refractivity contribution in [2.45, 2.75) is 45.1 Å². The van der Waals surface area contributed by atoms with Crippen LogP contribution in [-0.2, 0) is 10.2 Å². The highest BCUT2D eigenvalue weighted by Gasteiger charge is 2.34. The molecule has 1 aromatic carbocycles. The number of nitrogens with one attached hydrogen (secondary N) is 1. The van der Waals surface area contributed by atoms with E-state index in [2.05, 4.69) is 26.1 Å². The van der Waals surface area contributed by atoms with E-state index in [0.717, 1.165) is 18.4 Å². The predicted octanol–water partition coefficient (Wildman–Crippen LogP) is 2.33. The van der Waals surface area contributed by atoms with Gasteiger partial charge >= 0.3 is 0 Å². The van der Waals surface area contributed by atoms with Crippen molar-refractivity contribution in [1.29, 1.82) is 0 Å². The molecule has 114 valence electrons. The molecule has 0 aliphatic carbocycles. The Balaban J connectivity index is 2.26. The van der Waals surface area contributed by atoms with E-state index >= 15 is 0 Å². The standard InChI is InChI=1S/C17H24N2O2/c1-17(2,3)13-8-5-7-12(11-13)16(21)19-10-6-9-14(19)15(20)18-4/h5,7-8,11,14H,6,9-10H2,1-4H3,(H,18,20). The van der Waals surface area contributed by atoms with Gasteiger partial charge in [-0.1, -0.05) is 32.9 Å². The highest BCUT2D eigenvalue weighted by molar-refractivity contribution is 5.98. The molecule has 0 aromatic heterocycles. The lowest BCUT2D eigenvalue weighted by molar-refractivity contribution is -0.124. The Labute approximate surface area is 126 Å². The quantitative estimate of drug-likeness (QED) is 0.908. The molecule has 4 nitrogen and oxygen atoms in total. The van der Waals surface area contributed by atoms with Crippen molar-refractivity contribution >= 4 is 11.8 Å². The molecule has 0 bridgehead atoms. The molecule has 1 heterocycles. The van der Waals surface area contributed by atoms with Crippen LogP contribution < -0.4 is 5.32 Å². The van der Waals surface area contributed by atoms with Crippen LogP contribution in [0.15, 0.2) is 24.3 Å². The smallest absolute Gasteiger partial charge is 0.254 e. The molecule has 1 N–H and O–H groups in total. The van der Waals surface area contributed by atoms with Gasteiger partial charge in [-0.25, -0.2) is 0 Å². The van der Waals surface area contributed by atoms with E-state index < -0.39 is 0 Å². The molecule has 1 fully saturated rings. The Morgan fingerprint density at radius 3 is 2.62 bits per heavy atom. The van der Waals surface area contributed by atoms with Crippen molar-refractivity contribution in [1.82, 2.24) is 10.2 Å². The summed E-state index contributed by atoms with van der Waals surface area (Å²) in [4.78, 5) is 26.3. The Hall–Kier alpha value is -1.84. The first-order valence-corrected chi connectivity index (χ1v) is 7.47. The van der Waals surface area contributed by atoms with Crippen molar-refractivity contribution < 1.29 is 9.59 Å². The van der Waals surface area contributed by atoms with Crippen LogP contribution in [-0.4, -0.2) is 36.3 Å². The normalized spacial score (nSPS) is 18.7. The summed E-state index contributed by atoms with van der Waals surface area (Å²) >= 11 is 0. The van der Waals surface area contributed by atoms with Crippen LogP contribution in [0.1, 0.15) is 49.5 Å². The third-order valence-electron chi connectivity index (χ3n) is 4.04. The van der Waals surface area contributed by atoms with E-state index in [1.54, 1.807) is 11.9 Å². The number of carbonyl (C=O) groups is 2. The van der Waals surface area contributed by atoms with Gasteiger partial charge in [0.25, 0.3) is 5.91 Å². The second-order valence-corrected chi connectivity index (χ2v) is 6.60. The maximum atomic E-state index is 12.7. The third kappa shape index (κ3) is 3.26. The molecule has 21 heavy (non-hydrogen) atoms. The Morgan fingerprint density at radius 2 is 2.00 bits per heavy atom. The molecule has 0 radical (unpaired) electrons. The van der Waals surface area contributed by atoms with Crippen molar-refractivity contribution in [3.8, 4) is 0 Å². The third-order valence-corrected chi connectivity index (χ3v) is 4.04. The summed E-state index contributed by atoms with van der Waals surface area (Å²) in [6.07, 6.45) is 1.62. The van der Waals surface area contributed by atoms with Crippen molar-refractivity contribution in [3.63, 3.8) is 0 Å². The monoisotopic (exact) mass is 288 g/mol. The minimum atomic E-state index is -0.333. The SMILES string of the molecule is CNC(=O)C1CCCN1C(=O)c1cccc(C(C)(C)C)c1. The maximum absolute atomic E-state index is 12.7. The minimum Gasteiger partial charge on any atom is -0.357 e. The zero-order valence-corrected chi connectivity index (χ0v) is 13.3. The van der Waals surface area contributed by atoms with Crippen LogP contribution in [0.4, 0.5) is 0 Å². The van der Waals surface area contributed by atoms with Gasteiger partial charge in [0.05, 0.1) is 0 Å². The molecular weight excluding hydrogens is 264 g/mol. The van der Waals surface area contributed by atoms with Crippen LogP contribution in [0, 0.1) is 0 Å². The molecular formula is C17H24N2O2. The fourth-order valence-corrected chi connectivity index (χ4v) is 2.73. The van der Waals surface area contributed by atoms with Gasteiger partial charge in [0.1, 0.15) is 6.04 Å². The number of nitrogens with zero attached hydrogens (tertiary/aromatic N) is 1. The summed E-state index contributed by atoms with van der Waals surface area (Å²) in [5.74, 6) is -0.125. The van der Waals surface area contributed by atoms with E-state index in [-0.39, 0.29) is 23.3 Å². The Morgan fingerprint density at radius 1 is 1.29 bits per heavy atom. The first-order valence-electron chi connectivity index (χ1n) is 7.47. The Bertz CT molecular complexity index is 546. The topological polar surface area (TPSA) is 49.4 Å². The highest BCUT2D eigenvalue weighted by Crippen LogP contribution is 2.25. The second-order valence-electron chi connectivity index (χ2n) is 6.60. The van der Waals surface area contributed by atoms with Crippen LogP contribution in [0.5, 0.6) is 0 Å². The summed E-state index contributed by atoms with van der Waals surface area (Å²) in [5, 5.41) is 2.65. The zero-order chi connectivity index (χ0) is 15.6. The number of hydrogen-bond donors (Lipinski definition) is 1. The van der Waals surface area contributed by atoms with E-state index in [4.69, 9.17) is 0 Å². The van der Waals surface area contributed by atoms with Gasteiger partial charge < -0.3 is 10.2 Å². The molecule has 0 spiro atoms. The van der Waals surface area contributed by atoms with Crippen molar-refractivity contribution in [3.05, 3.63) is 35.4 Å². The number of likely N-dealkylation sites (tertiary alicyclic amines) is 1. The number of amides is 2. The molecule has 1 saturated heterocycles. The van der Waals surface area contributed by atoms with Crippen molar-refractivity contribution in [2.24, 2.45) is 0 Å². The average Bonchev–Trinajstić information content (AvgIpc) is 2.94. The lowest BCUT2D eigenvalue weighted by Crippen LogP contribution is -2.44. The molecule has 1 unspecified atom stereocenters. The number of likely N-dealkylation sites (N-methyl/N-ethyl adjacent to an activating group) is 1. The summed E-state index contributed by atoms with van der Waals surface area (Å²) in [7, 11) is 1.61. The summed E-state index contributed by atoms with van der Waals surface area (Å²) < 4.78 is 0. The predicted molar refractivity (Wildman–Crippen MR) is 83.3 cm³/mol. The van der Waals surface area contributed by atoms with Crippen LogP contribution in [0.2, 0.25) is 0 Å². The van der Waals surface area contributed by atoms with Gasteiger partial charge in [-0.15, -0.1) is 0 Å². The summed E-state index contributed by atoms with van der Waals surface area (Å²) in [6.45, 7) is 7.02. The molecule has 2 rings (SSSR count). The molecule has 1 atom stereocenters.